The number of nitrogens with one attached hydrogen (secondary N) is 1. The SMILES string of the molecule is CCCCC(CC)CNC1CC(c2ccccc2)C1. The van der Waals surface area contributed by atoms with Crippen molar-refractivity contribution in [2.45, 2.75) is 64.3 Å². The van der Waals surface area contributed by atoms with Crippen molar-refractivity contribution in [2.24, 2.45) is 5.92 Å². The molecule has 1 N–H and O–H groups in total. The molecular formula is C18H29N. The Kier molecular flexibility index (Phi) is 5.91. The first-order valence-corrected chi connectivity index (χ1v) is 8.11. The van der Waals surface area contributed by atoms with E-state index in [9.17, 15) is 0 Å². The molecule has 0 aliphatic heterocycles. The number of hydrogen-bond acceptors (Lipinski definition) is 1. The van der Waals surface area contributed by atoms with Gasteiger partial charge in [0.2, 0.25) is 0 Å². The molecule has 2 rings (SSSR count). The van der Waals surface area contributed by atoms with Crippen molar-refractivity contribution in [3.05, 3.63) is 35.9 Å². The lowest BCUT2D eigenvalue weighted by molar-refractivity contribution is 0.269. The summed E-state index contributed by atoms with van der Waals surface area (Å²) in [5.41, 5.74) is 1.53. The molecule has 1 saturated carbocycles. The molecule has 1 heteroatoms. The molecule has 1 aromatic carbocycles. The Morgan fingerprint density at radius 3 is 2.53 bits per heavy atom. The van der Waals surface area contributed by atoms with Crippen LogP contribution < -0.4 is 5.32 Å². The van der Waals surface area contributed by atoms with Crippen LogP contribution in [0, 0.1) is 5.92 Å². The molecule has 1 nitrogen and oxygen atoms in total. The summed E-state index contributed by atoms with van der Waals surface area (Å²) in [5, 5.41) is 3.78. The maximum Gasteiger partial charge on any atom is 0.00788 e. The highest BCUT2D eigenvalue weighted by molar-refractivity contribution is 5.22. The van der Waals surface area contributed by atoms with Crippen molar-refractivity contribution in [2.75, 3.05) is 6.54 Å². The van der Waals surface area contributed by atoms with Gasteiger partial charge in [0.05, 0.1) is 0 Å². The first-order chi connectivity index (χ1) is 9.33. The predicted octanol–water partition coefficient (Wildman–Crippen LogP) is 4.74. The summed E-state index contributed by atoms with van der Waals surface area (Å²) in [6.07, 6.45) is 8.09. The lowest BCUT2D eigenvalue weighted by atomic mass is 9.75. The Morgan fingerprint density at radius 2 is 1.89 bits per heavy atom. The molecule has 0 amide bonds. The Morgan fingerprint density at radius 1 is 1.16 bits per heavy atom. The number of benzene rings is 1. The van der Waals surface area contributed by atoms with Gasteiger partial charge in [-0.1, -0.05) is 63.4 Å². The second-order valence-corrected chi connectivity index (χ2v) is 6.10. The molecule has 19 heavy (non-hydrogen) atoms. The van der Waals surface area contributed by atoms with E-state index in [2.05, 4.69) is 49.5 Å². The average Bonchev–Trinajstić information content (AvgIpc) is 2.41. The monoisotopic (exact) mass is 259 g/mol. The van der Waals surface area contributed by atoms with E-state index in [1.165, 1.54) is 50.6 Å². The molecule has 0 spiro atoms. The third-order valence-electron chi connectivity index (χ3n) is 4.65. The molecule has 1 aliphatic rings. The molecule has 1 aliphatic carbocycles. The Labute approximate surface area is 118 Å². The quantitative estimate of drug-likeness (QED) is 0.711. The van der Waals surface area contributed by atoms with Gasteiger partial charge in [-0.15, -0.1) is 0 Å². The second-order valence-electron chi connectivity index (χ2n) is 6.10. The number of unbranched alkanes of at least 4 members (excludes halogenated alkanes) is 1. The predicted molar refractivity (Wildman–Crippen MR) is 83.5 cm³/mol. The van der Waals surface area contributed by atoms with Gasteiger partial charge < -0.3 is 5.32 Å². The number of rotatable bonds is 8. The van der Waals surface area contributed by atoms with E-state index >= 15 is 0 Å². The summed E-state index contributed by atoms with van der Waals surface area (Å²) in [6, 6.07) is 11.7. The molecule has 0 heterocycles. The van der Waals surface area contributed by atoms with E-state index in [0.717, 1.165) is 17.9 Å². The normalized spacial score (nSPS) is 23.9. The highest BCUT2D eigenvalue weighted by Gasteiger charge is 2.29. The van der Waals surface area contributed by atoms with Crippen LogP contribution in [0.1, 0.15) is 63.9 Å². The molecule has 0 aromatic heterocycles. The van der Waals surface area contributed by atoms with Crippen LogP contribution in [-0.4, -0.2) is 12.6 Å². The topological polar surface area (TPSA) is 12.0 Å². The van der Waals surface area contributed by atoms with Crippen molar-refractivity contribution < 1.29 is 0 Å². The van der Waals surface area contributed by atoms with Gasteiger partial charge in [-0.25, -0.2) is 0 Å². The standard InChI is InChI=1S/C18H29N/c1-3-5-9-15(4-2)14-19-18-12-17(13-18)16-10-7-6-8-11-16/h6-8,10-11,15,17-19H,3-5,9,12-14H2,1-2H3. The summed E-state index contributed by atoms with van der Waals surface area (Å²) >= 11 is 0. The van der Waals surface area contributed by atoms with Gasteiger partial charge in [0.15, 0.2) is 0 Å². The smallest absolute Gasteiger partial charge is 0.00788 e. The van der Waals surface area contributed by atoms with Gasteiger partial charge in [0.25, 0.3) is 0 Å². The zero-order valence-electron chi connectivity index (χ0n) is 12.6. The van der Waals surface area contributed by atoms with E-state index in [4.69, 9.17) is 0 Å². The van der Waals surface area contributed by atoms with Crippen LogP contribution in [0.2, 0.25) is 0 Å². The molecule has 0 saturated heterocycles. The van der Waals surface area contributed by atoms with Crippen molar-refractivity contribution in [3.63, 3.8) is 0 Å². The molecule has 106 valence electrons. The molecule has 1 aromatic rings. The summed E-state index contributed by atoms with van der Waals surface area (Å²) in [5.74, 6) is 1.69. The number of hydrogen-bond donors (Lipinski definition) is 1. The van der Waals surface area contributed by atoms with Crippen molar-refractivity contribution in [3.8, 4) is 0 Å². The maximum atomic E-state index is 3.78. The van der Waals surface area contributed by atoms with E-state index < -0.39 is 0 Å². The molecule has 1 unspecified atom stereocenters. The van der Waals surface area contributed by atoms with Gasteiger partial charge in [-0.05, 0) is 43.2 Å². The highest BCUT2D eigenvalue weighted by Crippen LogP contribution is 2.36. The van der Waals surface area contributed by atoms with Crippen LogP contribution >= 0.6 is 0 Å². The lowest BCUT2D eigenvalue weighted by Crippen LogP contribution is -2.42. The lowest BCUT2D eigenvalue weighted by Gasteiger charge is -2.37. The van der Waals surface area contributed by atoms with Crippen LogP contribution in [0.3, 0.4) is 0 Å². The Balaban J connectivity index is 1.64. The maximum absolute atomic E-state index is 3.78. The molecule has 1 atom stereocenters. The first kappa shape index (κ1) is 14.6. The van der Waals surface area contributed by atoms with Crippen LogP contribution in [0.15, 0.2) is 30.3 Å². The third-order valence-corrected chi connectivity index (χ3v) is 4.65. The van der Waals surface area contributed by atoms with Gasteiger partial charge in [0, 0.05) is 6.04 Å². The average molecular weight is 259 g/mol. The second kappa shape index (κ2) is 7.69. The van der Waals surface area contributed by atoms with Crippen molar-refractivity contribution >= 4 is 0 Å². The molecular weight excluding hydrogens is 230 g/mol. The van der Waals surface area contributed by atoms with Gasteiger partial charge in [0.1, 0.15) is 0 Å². The van der Waals surface area contributed by atoms with Crippen LogP contribution in [0.25, 0.3) is 0 Å². The molecule has 1 fully saturated rings. The fraction of sp³-hybridized carbons (Fsp3) is 0.667. The summed E-state index contributed by atoms with van der Waals surface area (Å²) in [7, 11) is 0. The molecule has 0 bridgehead atoms. The summed E-state index contributed by atoms with van der Waals surface area (Å²) < 4.78 is 0. The Bertz CT molecular complexity index is 340. The van der Waals surface area contributed by atoms with E-state index in [1.807, 2.05) is 0 Å². The fourth-order valence-corrected chi connectivity index (χ4v) is 3.06. The summed E-state index contributed by atoms with van der Waals surface area (Å²) in [4.78, 5) is 0. The van der Waals surface area contributed by atoms with Crippen molar-refractivity contribution in [1.82, 2.24) is 5.32 Å². The minimum absolute atomic E-state index is 0.765. The highest BCUT2D eigenvalue weighted by atomic mass is 14.9. The van der Waals surface area contributed by atoms with Crippen LogP contribution in [-0.2, 0) is 0 Å². The third kappa shape index (κ3) is 4.35. The minimum atomic E-state index is 0.765. The van der Waals surface area contributed by atoms with Crippen molar-refractivity contribution in [1.29, 1.82) is 0 Å². The Hall–Kier alpha value is -0.820. The van der Waals surface area contributed by atoms with Crippen LogP contribution in [0.4, 0.5) is 0 Å². The zero-order chi connectivity index (χ0) is 13.5. The zero-order valence-corrected chi connectivity index (χ0v) is 12.6. The van der Waals surface area contributed by atoms with E-state index in [0.29, 0.717) is 0 Å². The van der Waals surface area contributed by atoms with Gasteiger partial charge >= 0.3 is 0 Å². The minimum Gasteiger partial charge on any atom is -0.314 e. The fourth-order valence-electron chi connectivity index (χ4n) is 3.06. The molecule has 0 radical (unpaired) electrons. The summed E-state index contributed by atoms with van der Waals surface area (Å²) in [6.45, 7) is 5.84. The van der Waals surface area contributed by atoms with Crippen LogP contribution in [0.5, 0.6) is 0 Å². The first-order valence-electron chi connectivity index (χ1n) is 8.11. The van der Waals surface area contributed by atoms with Gasteiger partial charge in [-0.2, -0.15) is 0 Å². The largest absolute Gasteiger partial charge is 0.314 e. The van der Waals surface area contributed by atoms with Gasteiger partial charge in [-0.3, -0.25) is 0 Å². The van der Waals surface area contributed by atoms with E-state index in [-0.39, 0.29) is 0 Å². The van der Waals surface area contributed by atoms with E-state index in [1.54, 1.807) is 0 Å².